The number of carbonyl (C=O) groups excluding carboxylic acids is 1. The summed E-state index contributed by atoms with van der Waals surface area (Å²) in [5.41, 5.74) is 0.943. The van der Waals surface area contributed by atoms with E-state index in [1.165, 1.54) is 53.8 Å². The maximum atomic E-state index is 13.6. The Morgan fingerprint density at radius 3 is 2.27 bits per heavy atom. The second kappa shape index (κ2) is 9.51. The van der Waals surface area contributed by atoms with E-state index < -0.39 is 21.7 Å². The van der Waals surface area contributed by atoms with Gasteiger partial charge in [-0.05, 0) is 42.0 Å². The molecule has 0 radical (unpaired) electrons. The molecule has 0 saturated carbocycles. The third-order valence-electron chi connectivity index (χ3n) is 4.30. The summed E-state index contributed by atoms with van der Waals surface area (Å²) in [7, 11) is -2.16. The van der Waals surface area contributed by atoms with Crippen molar-refractivity contribution in [3.05, 3.63) is 90.2 Å². The lowest BCUT2D eigenvalue weighted by atomic mass is 10.2. The molecule has 0 saturated heterocycles. The zero-order valence-corrected chi connectivity index (χ0v) is 17.1. The van der Waals surface area contributed by atoms with Crippen LogP contribution in [0.3, 0.4) is 0 Å². The summed E-state index contributed by atoms with van der Waals surface area (Å²) < 4.78 is 45.6. The molecule has 0 fully saturated rings. The number of halogens is 1. The Hall–Kier alpha value is -3.23. The van der Waals surface area contributed by atoms with E-state index in [0.29, 0.717) is 5.75 Å². The number of carbonyl (C=O) groups is 1. The Labute approximate surface area is 175 Å². The highest BCUT2D eigenvalue weighted by Crippen LogP contribution is 2.20. The van der Waals surface area contributed by atoms with Gasteiger partial charge in [0, 0.05) is 13.6 Å². The fraction of sp³-hybridized carbons (Fsp3) is 0.136. The molecule has 6 nitrogen and oxygen atoms in total. The summed E-state index contributed by atoms with van der Waals surface area (Å²) >= 11 is 0. The van der Waals surface area contributed by atoms with Gasteiger partial charge in [-0.25, -0.2) is 12.8 Å². The first-order chi connectivity index (χ1) is 14.4. The molecule has 156 valence electrons. The van der Waals surface area contributed by atoms with E-state index in [9.17, 15) is 17.6 Å². The molecule has 0 unspecified atom stereocenters. The molecule has 1 N–H and O–H groups in total. The highest BCUT2D eigenvalue weighted by molar-refractivity contribution is 7.89. The summed E-state index contributed by atoms with van der Waals surface area (Å²) in [6.07, 6.45) is 0. The predicted molar refractivity (Wildman–Crippen MR) is 112 cm³/mol. The molecule has 1 amide bonds. The van der Waals surface area contributed by atoms with Crippen LogP contribution in [0.1, 0.15) is 5.56 Å². The smallest absolute Gasteiger partial charge is 0.262 e. The molecular formula is C22H21FN2O4S. The monoisotopic (exact) mass is 428 g/mol. The first kappa shape index (κ1) is 21.5. The first-order valence-corrected chi connectivity index (χ1v) is 10.6. The molecule has 0 heterocycles. The third kappa shape index (κ3) is 5.43. The fourth-order valence-electron chi connectivity index (χ4n) is 2.71. The lowest BCUT2D eigenvalue weighted by Gasteiger charge is -2.17. The van der Waals surface area contributed by atoms with Crippen molar-refractivity contribution in [2.45, 2.75) is 11.4 Å². The van der Waals surface area contributed by atoms with Crippen molar-refractivity contribution in [3.8, 4) is 5.75 Å². The Kier molecular flexibility index (Phi) is 6.81. The number of sulfonamides is 1. The second-order valence-corrected chi connectivity index (χ2v) is 8.58. The van der Waals surface area contributed by atoms with E-state index in [1.54, 1.807) is 6.07 Å². The van der Waals surface area contributed by atoms with E-state index in [-0.39, 0.29) is 23.7 Å². The van der Waals surface area contributed by atoms with Gasteiger partial charge in [0.05, 0.1) is 10.6 Å². The number of hydrogen-bond donors (Lipinski definition) is 1. The standard InChI is InChI=1S/C22H21FN2O4S/c1-25(15-17-7-3-2-4-8-17)30(27,28)19-13-11-18(12-14-19)29-16-22(26)24-21-10-6-5-9-20(21)23/h2-14H,15-16H2,1H3,(H,24,26). The Bertz CT molecular complexity index is 1100. The lowest BCUT2D eigenvalue weighted by Crippen LogP contribution is -2.26. The number of amides is 1. The average molecular weight is 428 g/mol. The molecule has 3 aromatic carbocycles. The minimum Gasteiger partial charge on any atom is -0.484 e. The zero-order valence-electron chi connectivity index (χ0n) is 16.3. The number of benzene rings is 3. The van der Waals surface area contributed by atoms with Crippen LogP contribution in [0.25, 0.3) is 0 Å². The minimum atomic E-state index is -3.67. The van der Waals surface area contributed by atoms with Crippen molar-refractivity contribution in [1.29, 1.82) is 0 Å². The van der Waals surface area contributed by atoms with Crippen LogP contribution in [0.2, 0.25) is 0 Å². The zero-order chi connectivity index (χ0) is 21.6. The molecule has 8 heteroatoms. The van der Waals surface area contributed by atoms with Gasteiger partial charge >= 0.3 is 0 Å². The summed E-state index contributed by atoms with van der Waals surface area (Å²) in [5.74, 6) is -0.747. The van der Waals surface area contributed by atoms with Gasteiger partial charge in [-0.1, -0.05) is 42.5 Å². The first-order valence-electron chi connectivity index (χ1n) is 9.14. The second-order valence-electron chi connectivity index (χ2n) is 6.53. The molecule has 3 aromatic rings. The number of anilines is 1. The molecule has 0 aromatic heterocycles. The van der Waals surface area contributed by atoms with Crippen molar-refractivity contribution < 1.29 is 22.3 Å². The van der Waals surface area contributed by atoms with Gasteiger partial charge in [0.25, 0.3) is 5.91 Å². The molecule has 0 aliphatic rings. The Morgan fingerprint density at radius 1 is 0.967 bits per heavy atom. The predicted octanol–water partition coefficient (Wildman–Crippen LogP) is 3.66. The maximum absolute atomic E-state index is 13.6. The summed E-state index contributed by atoms with van der Waals surface area (Å²) in [6, 6.07) is 20.9. The number of rotatable bonds is 8. The van der Waals surface area contributed by atoms with Crippen LogP contribution in [-0.4, -0.2) is 32.3 Å². The van der Waals surface area contributed by atoms with Gasteiger partial charge < -0.3 is 10.1 Å². The number of para-hydroxylation sites is 1. The van der Waals surface area contributed by atoms with Gasteiger partial charge in [-0.3, -0.25) is 4.79 Å². The number of nitrogens with zero attached hydrogens (tertiary/aromatic N) is 1. The molecule has 0 aliphatic heterocycles. The van der Waals surface area contributed by atoms with Crippen LogP contribution in [0.4, 0.5) is 10.1 Å². The van der Waals surface area contributed by atoms with Crippen LogP contribution in [-0.2, 0) is 21.4 Å². The third-order valence-corrected chi connectivity index (χ3v) is 6.12. The molecule has 30 heavy (non-hydrogen) atoms. The van der Waals surface area contributed by atoms with Gasteiger partial charge in [-0.2, -0.15) is 4.31 Å². The van der Waals surface area contributed by atoms with Gasteiger partial charge in [0.1, 0.15) is 11.6 Å². The van der Waals surface area contributed by atoms with Crippen molar-refractivity contribution in [2.24, 2.45) is 0 Å². The van der Waals surface area contributed by atoms with Crippen molar-refractivity contribution in [1.82, 2.24) is 4.31 Å². The highest BCUT2D eigenvalue weighted by atomic mass is 32.2. The molecule has 0 spiro atoms. The highest BCUT2D eigenvalue weighted by Gasteiger charge is 2.21. The normalized spacial score (nSPS) is 11.3. The van der Waals surface area contributed by atoms with Crippen molar-refractivity contribution >= 4 is 21.6 Å². The number of hydrogen-bond acceptors (Lipinski definition) is 4. The molecule has 0 bridgehead atoms. The molecule has 3 rings (SSSR count). The minimum absolute atomic E-state index is 0.0639. The molecule has 0 atom stereocenters. The van der Waals surface area contributed by atoms with E-state index in [2.05, 4.69) is 5.32 Å². The Balaban J connectivity index is 1.58. The van der Waals surface area contributed by atoms with Gasteiger partial charge in [0.15, 0.2) is 6.61 Å². The van der Waals surface area contributed by atoms with Crippen molar-refractivity contribution in [3.63, 3.8) is 0 Å². The molecule has 0 aliphatic carbocycles. The van der Waals surface area contributed by atoms with Crippen molar-refractivity contribution in [2.75, 3.05) is 19.0 Å². The average Bonchev–Trinajstić information content (AvgIpc) is 2.75. The largest absolute Gasteiger partial charge is 0.484 e. The van der Waals surface area contributed by atoms with E-state index in [0.717, 1.165) is 5.56 Å². The lowest BCUT2D eigenvalue weighted by molar-refractivity contribution is -0.118. The van der Waals surface area contributed by atoms with Gasteiger partial charge in [-0.15, -0.1) is 0 Å². The van der Waals surface area contributed by atoms with E-state index in [4.69, 9.17) is 4.74 Å². The number of ether oxygens (including phenoxy) is 1. The number of nitrogens with one attached hydrogen (secondary N) is 1. The van der Waals surface area contributed by atoms with Crippen LogP contribution in [0.15, 0.2) is 83.8 Å². The Morgan fingerprint density at radius 2 is 1.60 bits per heavy atom. The van der Waals surface area contributed by atoms with Crippen LogP contribution < -0.4 is 10.1 Å². The van der Waals surface area contributed by atoms with Crippen LogP contribution in [0.5, 0.6) is 5.75 Å². The van der Waals surface area contributed by atoms with E-state index >= 15 is 0 Å². The SMILES string of the molecule is CN(Cc1ccccc1)S(=O)(=O)c1ccc(OCC(=O)Nc2ccccc2F)cc1. The van der Waals surface area contributed by atoms with Gasteiger partial charge in [0.2, 0.25) is 10.0 Å². The van der Waals surface area contributed by atoms with Crippen LogP contribution >= 0.6 is 0 Å². The summed E-state index contributed by atoms with van der Waals surface area (Å²) in [5, 5.41) is 2.41. The van der Waals surface area contributed by atoms with E-state index in [1.807, 2.05) is 30.3 Å². The maximum Gasteiger partial charge on any atom is 0.262 e. The fourth-order valence-corrected chi connectivity index (χ4v) is 3.87. The quantitative estimate of drug-likeness (QED) is 0.594. The van der Waals surface area contributed by atoms with Crippen LogP contribution in [0, 0.1) is 5.82 Å². The summed E-state index contributed by atoms with van der Waals surface area (Å²) in [6.45, 7) is -0.0913. The topological polar surface area (TPSA) is 75.7 Å². The molecular weight excluding hydrogens is 407 g/mol. The summed E-state index contributed by atoms with van der Waals surface area (Å²) in [4.78, 5) is 12.0.